The SMILES string of the molecule is COC(=O)N[C@H](C(=O)N1C[C@@H](C)CC1c1nc2ccc(C#Cc3ccc(C#Cc4cnc([C@@H]5C[C@H](C)CN5C(=O)[C@@H](NC(=O)OC)C(C)C)[nH]4)cc3)cc2[nH]1)C(C)C. The highest BCUT2D eigenvalue weighted by atomic mass is 16.5. The van der Waals surface area contributed by atoms with Crippen molar-refractivity contribution in [2.45, 2.75) is 78.6 Å². The fraction of sp³-hybridized carbons (Fsp3) is 0.455. The number of imidazole rings is 2. The normalized spacial score (nSPS) is 19.9. The van der Waals surface area contributed by atoms with Gasteiger partial charge in [0.25, 0.3) is 0 Å². The summed E-state index contributed by atoms with van der Waals surface area (Å²) in [6.45, 7) is 12.9. The molecule has 1 unspecified atom stereocenters. The molecule has 2 aliphatic heterocycles. The van der Waals surface area contributed by atoms with Crippen molar-refractivity contribution in [2.75, 3.05) is 27.3 Å². The summed E-state index contributed by atoms with van der Waals surface area (Å²) in [4.78, 5) is 71.0. The summed E-state index contributed by atoms with van der Waals surface area (Å²) in [6.07, 6.45) is 1.90. The molecule has 2 aromatic carbocycles. The van der Waals surface area contributed by atoms with Gasteiger partial charge in [0.15, 0.2) is 0 Å². The average Bonchev–Trinajstić information content (AvgIpc) is 4.02. The van der Waals surface area contributed by atoms with E-state index in [0.29, 0.717) is 30.4 Å². The van der Waals surface area contributed by atoms with Gasteiger partial charge in [-0.05, 0) is 84.9 Å². The second kappa shape index (κ2) is 17.9. The van der Waals surface area contributed by atoms with Crippen LogP contribution in [0.4, 0.5) is 9.59 Å². The number of amides is 4. The number of alkyl carbamates (subject to hydrolysis) is 2. The number of hydrogen-bond donors (Lipinski definition) is 4. The number of likely N-dealkylation sites (tertiary alicyclic amines) is 2. The number of benzene rings is 2. The molecule has 58 heavy (non-hydrogen) atoms. The molecule has 2 fully saturated rings. The van der Waals surface area contributed by atoms with Crippen molar-refractivity contribution < 1.29 is 28.7 Å². The molecule has 0 saturated carbocycles. The number of nitrogens with one attached hydrogen (secondary N) is 4. The molecule has 0 spiro atoms. The molecule has 0 radical (unpaired) electrons. The van der Waals surface area contributed by atoms with Crippen LogP contribution in [-0.4, -0.2) is 93.1 Å². The van der Waals surface area contributed by atoms with E-state index in [1.54, 1.807) is 11.1 Å². The first-order valence-corrected chi connectivity index (χ1v) is 19.7. The summed E-state index contributed by atoms with van der Waals surface area (Å²) in [5.41, 5.74) is 4.69. The van der Waals surface area contributed by atoms with Gasteiger partial charge in [-0.25, -0.2) is 19.6 Å². The average molecular weight is 789 g/mol. The first-order chi connectivity index (χ1) is 27.7. The topological polar surface area (TPSA) is 175 Å². The number of nitrogens with zero attached hydrogens (tertiary/aromatic N) is 4. The van der Waals surface area contributed by atoms with Crippen LogP contribution in [0.5, 0.6) is 0 Å². The number of rotatable bonds is 8. The van der Waals surface area contributed by atoms with E-state index in [0.717, 1.165) is 40.6 Å². The number of hydrogen-bond acceptors (Lipinski definition) is 8. The fourth-order valence-electron chi connectivity index (χ4n) is 7.61. The van der Waals surface area contributed by atoms with Crippen molar-refractivity contribution in [3.63, 3.8) is 0 Å². The number of H-pyrrole nitrogens is 2. The van der Waals surface area contributed by atoms with E-state index in [1.165, 1.54) is 14.2 Å². The van der Waals surface area contributed by atoms with E-state index in [1.807, 2.05) is 75.1 Å². The third-order valence-electron chi connectivity index (χ3n) is 10.7. The quantitative estimate of drug-likeness (QED) is 0.165. The van der Waals surface area contributed by atoms with Gasteiger partial charge in [0.2, 0.25) is 11.8 Å². The van der Waals surface area contributed by atoms with Gasteiger partial charge < -0.3 is 39.9 Å². The van der Waals surface area contributed by atoms with Gasteiger partial charge >= 0.3 is 12.2 Å². The van der Waals surface area contributed by atoms with Crippen LogP contribution in [0.3, 0.4) is 0 Å². The van der Waals surface area contributed by atoms with Crippen molar-refractivity contribution in [3.05, 3.63) is 82.7 Å². The molecule has 4 aromatic rings. The van der Waals surface area contributed by atoms with E-state index in [9.17, 15) is 19.2 Å². The molecule has 2 aromatic heterocycles. The van der Waals surface area contributed by atoms with Crippen LogP contribution in [0, 0.1) is 47.4 Å². The van der Waals surface area contributed by atoms with Crippen LogP contribution in [-0.2, 0) is 19.1 Å². The molecule has 2 saturated heterocycles. The Bertz CT molecular complexity index is 2270. The number of carbonyl (C=O) groups is 4. The van der Waals surface area contributed by atoms with Crippen molar-refractivity contribution in [2.24, 2.45) is 23.7 Å². The van der Waals surface area contributed by atoms with Crippen molar-refractivity contribution in [1.82, 2.24) is 40.4 Å². The van der Waals surface area contributed by atoms with Gasteiger partial charge in [0, 0.05) is 29.8 Å². The zero-order valence-electron chi connectivity index (χ0n) is 34.3. The molecular formula is C44H52N8O6. The van der Waals surface area contributed by atoms with Crippen LogP contribution in [0.2, 0.25) is 0 Å². The summed E-state index contributed by atoms with van der Waals surface area (Å²) >= 11 is 0. The highest BCUT2D eigenvalue weighted by molar-refractivity contribution is 5.87. The molecule has 6 rings (SSSR count). The predicted octanol–water partition coefficient (Wildman–Crippen LogP) is 5.67. The van der Waals surface area contributed by atoms with Gasteiger partial charge in [-0.15, -0.1) is 0 Å². The number of carbonyl (C=O) groups excluding carboxylic acids is 4. The number of ether oxygens (including phenoxy) is 2. The first kappa shape index (κ1) is 41.4. The summed E-state index contributed by atoms with van der Waals surface area (Å²) in [7, 11) is 2.57. The van der Waals surface area contributed by atoms with Gasteiger partial charge in [-0.1, -0.05) is 59.3 Å². The summed E-state index contributed by atoms with van der Waals surface area (Å²) in [5.74, 6) is 14.1. The highest BCUT2D eigenvalue weighted by Gasteiger charge is 2.41. The third kappa shape index (κ3) is 9.46. The van der Waals surface area contributed by atoms with E-state index in [4.69, 9.17) is 14.5 Å². The highest BCUT2D eigenvalue weighted by Crippen LogP contribution is 2.37. The lowest BCUT2D eigenvalue weighted by atomic mass is 10.0. The molecule has 2 aliphatic rings. The van der Waals surface area contributed by atoms with Gasteiger partial charge in [0.05, 0.1) is 43.5 Å². The molecule has 304 valence electrons. The Kier molecular flexibility index (Phi) is 12.8. The Labute approximate surface area is 339 Å². The lowest BCUT2D eigenvalue weighted by Gasteiger charge is -2.30. The fourth-order valence-corrected chi connectivity index (χ4v) is 7.61. The van der Waals surface area contributed by atoms with Gasteiger partial charge in [-0.3, -0.25) is 9.59 Å². The monoisotopic (exact) mass is 788 g/mol. The van der Waals surface area contributed by atoms with E-state index in [-0.39, 0.29) is 47.6 Å². The van der Waals surface area contributed by atoms with Gasteiger partial charge in [0.1, 0.15) is 29.4 Å². The molecule has 4 heterocycles. The number of aromatic nitrogens is 4. The van der Waals surface area contributed by atoms with Crippen LogP contribution in [0.15, 0.2) is 48.7 Å². The maximum Gasteiger partial charge on any atom is 0.407 e. The van der Waals surface area contributed by atoms with Crippen LogP contribution in [0.25, 0.3) is 11.0 Å². The molecule has 14 heteroatoms. The number of methoxy groups -OCH3 is 2. The van der Waals surface area contributed by atoms with Crippen LogP contribution in [0.1, 0.15) is 101 Å². The Morgan fingerprint density at radius 2 is 1.19 bits per heavy atom. The molecule has 6 atom stereocenters. The van der Waals surface area contributed by atoms with E-state index in [2.05, 4.69) is 63.1 Å². The summed E-state index contributed by atoms with van der Waals surface area (Å²) in [6, 6.07) is 11.6. The van der Waals surface area contributed by atoms with Crippen molar-refractivity contribution >= 4 is 35.0 Å². The zero-order valence-corrected chi connectivity index (χ0v) is 34.3. The standard InChI is InChI=1S/C44H52N8O6/c1-25(2)37(49-43(55)57-7)41(53)51-23-27(5)19-35(51)39-45-22-32(46-39)17-15-30-11-9-29(10-12-30)13-14-31-16-18-33-34(21-31)48-40(47-33)36-20-28(6)24-52(36)42(54)38(26(3)4)50-44(56)58-8/h9-12,16,18,21-22,25-28,35-38H,19-20,23-24H2,1-8H3,(H,45,46)(H,47,48)(H,49,55)(H,50,56)/t27-,28-,35-,36?,37-,38-/m0/s1. The molecule has 14 nitrogen and oxygen atoms in total. The molecule has 0 bridgehead atoms. The third-order valence-corrected chi connectivity index (χ3v) is 10.7. The zero-order chi connectivity index (χ0) is 41.7. The van der Waals surface area contributed by atoms with E-state index < -0.39 is 24.3 Å². The molecule has 0 aliphatic carbocycles. The smallest absolute Gasteiger partial charge is 0.407 e. The van der Waals surface area contributed by atoms with Crippen molar-refractivity contribution in [1.29, 1.82) is 0 Å². The first-order valence-electron chi connectivity index (χ1n) is 19.7. The Balaban J connectivity index is 1.11. The molecule has 4 amide bonds. The lowest BCUT2D eigenvalue weighted by Crippen LogP contribution is -2.51. The number of aromatic amines is 2. The minimum absolute atomic E-state index is 0.123. The maximum absolute atomic E-state index is 13.7. The molecular weight excluding hydrogens is 737 g/mol. The Morgan fingerprint density at radius 1 is 0.707 bits per heavy atom. The predicted molar refractivity (Wildman–Crippen MR) is 218 cm³/mol. The largest absolute Gasteiger partial charge is 0.453 e. The minimum Gasteiger partial charge on any atom is -0.453 e. The minimum atomic E-state index is -0.712. The van der Waals surface area contributed by atoms with Crippen molar-refractivity contribution in [3.8, 4) is 23.7 Å². The summed E-state index contributed by atoms with van der Waals surface area (Å²) < 4.78 is 9.52. The van der Waals surface area contributed by atoms with E-state index >= 15 is 0 Å². The van der Waals surface area contributed by atoms with Crippen LogP contribution < -0.4 is 10.6 Å². The summed E-state index contributed by atoms with van der Waals surface area (Å²) in [5, 5.41) is 5.39. The number of fused-ring (bicyclic) bond motifs is 1. The van der Waals surface area contributed by atoms with Crippen LogP contribution >= 0.6 is 0 Å². The second-order valence-corrected chi connectivity index (χ2v) is 16.0. The maximum atomic E-state index is 13.7. The lowest BCUT2D eigenvalue weighted by molar-refractivity contribution is -0.136. The van der Waals surface area contributed by atoms with Gasteiger partial charge in [-0.2, -0.15) is 0 Å². The molecule has 4 N–H and O–H groups in total. The Morgan fingerprint density at radius 3 is 1.71 bits per heavy atom. The second-order valence-electron chi connectivity index (χ2n) is 16.0. The Hall–Kier alpha value is -6.28.